The zero-order chi connectivity index (χ0) is 21.0. The second kappa shape index (κ2) is 13.6. The summed E-state index contributed by atoms with van der Waals surface area (Å²) in [6.45, 7) is 6.94. The Hall–Kier alpha value is -0.630. The molecule has 0 heterocycles. The highest BCUT2D eigenvalue weighted by molar-refractivity contribution is 7.53. The average molecular weight is 423 g/mol. The Morgan fingerprint density at radius 1 is 0.897 bits per heavy atom. The Kier molecular flexibility index (Phi) is 11.6. The van der Waals surface area contributed by atoms with Crippen LogP contribution < -0.4 is 0 Å². The topological polar surface area (TPSA) is 35.5 Å². The zero-order valence-corrected chi connectivity index (χ0v) is 19.9. The van der Waals surface area contributed by atoms with E-state index in [9.17, 15) is 4.57 Å². The number of hydrogen-bond donors (Lipinski definition) is 0. The molecule has 1 aliphatic carbocycles. The van der Waals surface area contributed by atoms with Gasteiger partial charge in [0.15, 0.2) is 0 Å². The Bertz CT molecular complexity index is 589. The van der Waals surface area contributed by atoms with Crippen molar-refractivity contribution in [1.29, 1.82) is 0 Å². The van der Waals surface area contributed by atoms with Gasteiger partial charge < -0.3 is 9.05 Å². The van der Waals surface area contributed by atoms with Crippen molar-refractivity contribution in [2.24, 2.45) is 5.92 Å². The summed E-state index contributed by atoms with van der Waals surface area (Å²) in [5, 5.41) is 0. The van der Waals surface area contributed by atoms with Crippen LogP contribution in [0, 0.1) is 5.92 Å². The Balaban J connectivity index is 1.73. The molecule has 0 bridgehead atoms. The van der Waals surface area contributed by atoms with Crippen LogP contribution in [0.4, 0.5) is 0 Å². The molecule has 0 spiro atoms. The predicted molar refractivity (Wildman–Crippen MR) is 124 cm³/mol. The van der Waals surface area contributed by atoms with Gasteiger partial charge >= 0.3 is 7.60 Å². The van der Waals surface area contributed by atoms with E-state index >= 15 is 0 Å². The van der Waals surface area contributed by atoms with Crippen molar-refractivity contribution in [3.63, 3.8) is 0 Å². The van der Waals surface area contributed by atoms with E-state index in [0.717, 1.165) is 6.42 Å². The molecule has 0 aliphatic heterocycles. The summed E-state index contributed by atoms with van der Waals surface area (Å²) in [4.78, 5) is 0. The number of hydrogen-bond acceptors (Lipinski definition) is 3. The van der Waals surface area contributed by atoms with Crippen molar-refractivity contribution in [2.45, 2.75) is 97.3 Å². The van der Waals surface area contributed by atoms with E-state index in [2.05, 4.69) is 31.2 Å². The molecule has 2 rings (SSSR count). The van der Waals surface area contributed by atoms with Gasteiger partial charge in [-0.25, -0.2) is 0 Å². The first kappa shape index (κ1) is 24.6. The van der Waals surface area contributed by atoms with Gasteiger partial charge in [0.2, 0.25) is 0 Å². The number of unbranched alkanes of at least 4 members (excludes halogenated alkanes) is 5. The van der Waals surface area contributed by atoms with Gasteiger partial charge in [0.25, 0.3) is 0 Å². The molecule has 1 saturated carbocycles. The number of rotatable bonds is 15. The predicted octanol–water partition coefficient (Wildman–Crippen LogP) is 8.13. The normalized spacial score (nSPS) is 19.7. The third kappa shape index (κ3) is 8.95. The largest absolute Gasteiger partial charge is 0.330 e. The summed E-state index contributed by atoms with van der Waals surface area (Å²) in [7, 11) is -2.89. The molecular formula is C25H43O3P. The molecule has 1 aromatic carbocycles. The first-order valence-corrected chi connectivity index (χ1v) is 13.8. The van der Waals surface area contributed by atoms with Crippen LogP contribution in [0.2, 0.25) is 0 Å². The third-order valence-corrected chi connectivity index (χ3v) is 8.38. The van der Waals surface area contributed by atoms with Crippen LogP contribution in [0.3, 0.4) is 0 Å². The summed E-state index contributed by atoms with van der Waals surface area (Å²) in [6, 6.07) is 9.38. The summed E-state index contributed by atoms with van der Waals surface area (Å²) in [5.74, 6) is 1.29. The van der Waals surface area contributed by atoms with E-state index in [4.69, 9.17) is 9.05 Å². The van der Waals surface area contributed by atoms with E-state index in [1.807, 2.05) is 13.8 Å². The molecular weight excluding hydrogens is 379 g/mol. The SMILES string of the molecule is CCCCCCCCc1ccc(C2CCC(CCP(=O)(OCC)OCC)C2)cc1. The van der Waals surface area contributed by atoms with Crippen molar-refractivity contribution < 1.29 is 13.6 Å². The van der Waals surface area contributed by atoms with Crippen LogP contribution in [0.5, 0.6) is 0 Å². The minimum atomic E-state index is -2.89. The van der Waals surface area contributed by atoms with E-state index in [-0.39, 0.29) is 0 Å². The maximum atomic E-state index is 12.7. The highest BCUT2D eigenvalue weighted by Gasteiger charge is 2.30. The summed E-state index contributed by atoms with van der Waals surface area (Å²) >= 11 is 0. The summed E-state index contributed by atoms with van der Waals surface area (Å²) in [5.41, 5.74) is 2.96. The van der Waals surface area contributed by atoms with Gasteiger partial charge in [-0.3, -0.25) is 4.57 Å². The molecule has 0 aromatic heterocycles. The second-order valence-electron chi connectivity index (χ2n) is 8.59. The molecule has 2 unspecified atom stereocenters. The van der Waals surface area contributed by atoms with Crippen molar-refractivity contribution in [1.82, 2.24) is 0 Å². The molecule has 1 aromatic rings. The minimum absolute atomic E-state index is 0.454. The Morgan fingerprint density at radius 3 is 2.21 bits per heavy atom. The molecule has 29 heavy (non-hydrogen) atoms. The van der Waals surface area contributed by atoms with E-state index < -0.39 is 7.60 Å². The lowest BCUT2D eigenvalue weighted by molar-refractivity contribution is 0.218. The van der Waals surface area contributed by atoms with Crippen LogP contribution in [0.1, 0.15) is 102 Å². The second-order valence-corrected chi connectivity index (χ2v) is 10.8. The summed E-state index contributed by atoms with van der Waals surface area (Å²) in [6.07, 6.45) is 14.5. The maximum absolute atomic E-state index is 12.7. The monoisotopic (exact) mass is 422 g/mol. The van der Waals surface area contributed by atoms with E-state index in [0.29, 0.717) is 31.2 Å². The molecule has 0 radical (unpaired) electrons. The fourth-order valence-electron chi connectivity index (χ4n) is 4.61. The van der Waals surface area contributed by atoms with Gasteiger partial charge in [-0.15, -0.1) is 0 Å². The van der Waals surface area contributed by atoms with E-state index in [1.54, 1.807) is 0 Å². The number of aryl methyl sites for hydroxylation is 1. The van der Waals surface area contributed by atoms with Gasteiger partial charge in [0.05, 0.1) is 19.4 Å². The molecule has 3 nitrogen and oxygen atoms in total. The maximum Gasteiger partial charge on any atom is 0.330 e. The molecule has 0 amide bonds. The molecule has 0 N–H and O–H groups in total. The Morgan fingerprint density at radius 2 is 1.55 bits per heavy atom. The lowest BCUT2D eigenvalue weighted by atomic mass is 9.94. The van der Waals surface area contributed by atoms with Crippen LogP contribution in [0.25, 0.3) is 0 Å². The first-order valence-electron chi connectivity index (χ1n) is 12.1. The van der Waals surface area contributed by atoms with Gasteiger partial charge in [-0.2, -0.15) is 0 Å². The molecule has 4 heteroatoms. The fraction of sp³-hybridized carbons (Fsp3) is 0.760. The van der Waals surface area contributed by atoms with Crippen molar-refractivity contribution in [3.8, 4) is 0 Å². The fourth-order valence-corrected chi connectivity index (χ4v) is 6.41. The van der Waals surface area contributed by atoms with Crippen LogP contribution in [0.15, 0.2) is 24.3 Å². The molecule has 0 saturated heterocycles. The van der Waals surface area contributed by atoms with Gasteiger partial charge in [0, 0.05) is 0 Å². The van der Waals surface area contributed by atoms with Crippen LogP contribution in [-0.2, 0) is 20.0 Å². The minimum Gasteiger partial charge on any atom is -0.309 e. The van der Waals surface area contributed by atoms with Gasteiger partial charge in [-0.1, -0.05) is 63.3 Å². The number of benzene rings is 1. The van der Waals surface area contributed by atoms with Gasteiger partial charge in [0.1, 0.15) is 0 Å². The van der Waals surface area contributed by atoms with Gasteiger partial charge in [-0.05, 0) is 75.3 Å². The molecule has 1 aliphatic rings. The highest BCUT2D eigenvalue weighted by Crippen LogP contribution is 2.51. The first-order chi connectivity index (χ1) is 14.1. The lowest BCUT2D eigenvalue weighted by Crippen LogP contribution is -2.05. The standard InChI is InChI=1S/C25H43O3P/c1-4-7-8-9-10-11-12-22-13-16-24(17-14-22)25-18-15-23(21-25)19-20-29(26,27-5-2)28-6-3/h13-14,16-17,23,25H,4-12,15,18-21H2,1-3H3. The third-order valence-electron chi connectivity index (χ3n) is 6.27. The zero-order valence-electron chi connectivity index (χ0n) is 19.0. The van der Waals surface area contributed by atoms with Crippen LogP contribution in [-0.4, -0.2) is 19.4 Å². The average Bonchev–Trinajstić information content (AvgIpc) is 3.19. The van der Waals surface area contributed by atoms with Crippen LogP contribution >= 0.6 is 7.60 Å². The summed E-state index contributed by atoms with van der Waals surface area (Å²) < 4.78 is 23.6. The quantitative estimate of drug-likeness (QED) is 0.211. The highest BCUT2D eigenvalue weighted by atomic mass is 31.2. The molecule has 166 valence electrons. The lowest BCUT2D eigenvalue weighted by Gasteiger charge is -2.19. The van der Waals surface area contributed by atoms with Crippen molar-refractivity contribution >= 4 is 7.60 Å². The molecule has 2 atom stereocenters. The van der Waals surface area contributed by atoms with E-state index in [1.165, 1.54) is 75.3 Å². The smallest absolute Gasteiger partial charge is 0.309 e. The van der Waals surface area contributed by atoms with Crippen molar-refractivity contribution in [2.75, 3.05) is 19.4 Å². The molecule has 1 fully saturated rings. The van der Waals surface area contributed by atoms with Crippen molar-refractivity contribution in [3.05, 3.63) is 35.4 Å². The Labute approximate surface area is 179 Å².